The quantitative estimate of drug-likeness (QED) is 0.828. The van der Waals surface area contributed by atoms with E-state index in [9.17, 15) is 4.79 Å². The number of anilines is 1. The van der Waals surface area contributed by atoms with E-state index in [2.05, 4.69) is 5.32 Å². The zero-order chi connectivity index (χ0) is 18.4. The van der Waals surface area contributed by atoms with E-state index in [1.807, 2.05) is 13.8 Å². The molecule has 0 saturated heterocycles. The molecule has 2 aromatic carbocycles. The van der Waals surface area contributed by atoms with E-state index >= 15 is 0 Å². The second kappa shape index (κ2) is 8.28. The lowest BCUT2D eigenvalue weighted by molar-refractivity contribution is 0.102. The number of amides is 1. The normalized spacial score (nSPS) is 10.3. The van der Waals surface area contributed by atoms with Crippen LogP contribution in [0.2, 0.25) is 0 Å². The fourth-order valence-corrected chi connectivity index (χ4v) is 2.31. The third-order valence-electron chi connectivity index (χ3n) is 3.41. The molecule has 25 heavy (non-hydrogen) atoms. The Balaban J connectivity index is 2.19. The van der Waals surface area contributed by atoms with E-state index in [4.69, 9.17) is 18.9 Å². The van der Waals surface area contributed by atoms with Gasteiger partial charge in [-0.1, -0.05) is 0 Å². The summed E-state index contributed by atoms with van der Waals surface area (Å²) in [5, 5.41) is 2.82. The molecule has 1 N–H and O–H groups in total. The number of ether oxygens (including phenoxy) is 4. The van der Waals surface area contributed by atoms with Crippen LogP contribution < -0.4 is 24.3 Å². The van der Waals surface area contributed by atoms with Crippen molar-refractivity contribution in [3.63, 3.8) is 0 Å². The van der Waals surface area contributed by atoms with Gasteiger partial charge < -0.3 is 24.3 Å². The Morgan fingerprint density at radius 3 is 1.92 bits per heavy atom. The van der Waals surface area contributed by atoms with Gasteiger partial charge >= 0.3 is 0 Å². The van der Waals surface area contributed by atoms with Gasteiger partial charge in [0.25, 0.3) is 5.91 Å². The van der Waals surface area contributed by atoms with Crippen LogP contribution in [0.4, 0.5) is 5.69 Å². The van der Waals surface area contributed by atoms with Crippen LogP contribution in [0.5, 0.6) is 23.0 Å². The lowest BCUT2D eigenvalue weighted by Gasteiger charge is -2.15. The van der Waals surface area contributed by atoms with Crippen molar-refractivity contribution in [3.05, 3.63) is 42.0 Å². The second-order valence-corrected chi connectivity index (χ2v) is 5.56. The Bertz CT molecular complexity index is 700. The maximum atomic E-state index is 12.4. The molecule has 0 atom stereocenters. The minimum atomic E-state index is -0.245. The Kier molecular flexibility index (Phi) is 6.11. The molecule has 2 rings (SSSR count). The molecule has 0 spiro atoms. The van der Waals surface area contributed by atoms with Gasteiger partial charge in [0, 0.05) is 23.4 Å². The number of hydrogen-bond donors (Lipinski definition) is 1. The Morgan fingerprint density at radius 2 is 1.48 bits per heavy atom. The number of hydrogen-bond acceptors (Lipinski definition) is 5. The molecule has 0 aliphatic carbocycles. The van der Waals surface area contributed by atoms with Crippen molar-refractivity contribution >= 4 is 11.6 Å². The molecule has 0 fully saturated rings. The van der Waals surface area contributed by atoms with Crippen LogP contribution in [-0.4, -0.2) is 33.3 Å². The molecular formula is C19H23NO5. The summed E-state index contributed by atoms with van der Waals surface area (Å²) in [4.78, 5) is 12.4. The molecule has 0 heterocycles. The molecule has 0 unspecified atom stereocenters. The van der Waals surface area contributed by atoms with Gasteiger partial charge in [0.05, 0.1) is 27.4 Å². The van der Waals surface area contributed by atoms with E-state index < -0.39 is 0 Å². The van der Waals surface area contributed by atoms with Gasteiger partial charge in [0.2, 0.25) is 5.75 Å². The number of nitrogens with one attached hydrogen (secondary N) is 1. The first kappa shape index (κ1) is 18.4. The van der Waals surface area contributed by atoms with E-state index in [0.717, 1.165) is 5.75 Å². The Labute approximate surface area is 147 Å². The van der Waals surface area contributed by atoms with Gasteiger partial charge in [-0.25, -0.2) is 0 Å². The predicted octanol–water partition coefficient (Wildman–Crippen LogP) is 3.75. The first-order chi connectivity index (χ1) is 12.0. The highest BCUT2D eigenvalue weighted by Crippen LogP contribution is 2.40. The first-order valence-electron chi connectivity index (χ1n) is 7.86. The molecule has 2 aromatic rings. The molecular weight excluding hydrogens is 322 g/mol. The summed E-state index contributed by atoms with van der Waals surface area (Å²) in [7, 11) is 4.58. The summed E-state index contributed by atoms with van der Waals surface area (Å²) in [6, 6.07) is 10.3. The van der Waals surface area contributed by atoms with Gasteiger partial charge in [0.15, 0.2) is 11.5 Å². The van der Waals surface area contributed by atoms with Crippen LogP contribution in [0.3, 0.4) is 0 Å². The van der Waals surface area contributed by atoms with Crippen LogP contribution in [0, 0.1) is 0 Å². The third kappa shape index (κ3) is 4.56. The predicted molar refractivity (Wildman–Crippen MR) is 96.3 cm³/mol. The molecule has 134 valence electrons. The topological polar surface area (TPSA) is 66.0 Å². The standard InChI is InChI=1S/C19H23NO5/c1-12(2)25-15-8-6-13(7-9-15)19(21)20-14-10-16(22-3)18(24-5)17(11-14)23-4/h6-12H,1-5H3,(H,20,21). The minimum absolute atomic E-state index is 0.0823. The van der Waals surface area contributed by atoms with Crippen LogP contribution in [0.1, 0.15) is 24.2 Å². The van der Waals surface area contributed by atoms with Crippen molar-refractivity contribution in [1.82, 2.24) is 0 Å². The highest BCUT2D eigenvalue weighted by Gasteiger charge is 2.15. The zero-order valence-corrected chi connectivity index (χ0v) is 15.1. The highest BCUT2D eigenvalue weighted by atomic mass is 16.5. The molecule has 1 amide bonds. The summed E-state index contributed by atoms with van der Waals surface area (Å²) in [5.74, 6) is 1.89. The number of rotatable bonds is 7. The average Bonchev–Trinajstić information content (AvgIpc) is 2.60. The fourth-order valence-electron chi connectivity index (χ4n) is 2.31. The summed E-state index contributed by atoms with van der Waals surface area (Å²) < 4.78 is 21.4. The van der Waals surface area contributed by atoms with E-state index in [0.29, 0.717) is 28.5 Å². The highest BCUT2D eigenvalue weighted by molar-refractivity contribution is 6.04. The largest absolute Gasteiger partial charge is 0.493 e. The van der Waals surface area contributed by atoms with Gasteiger partial charge in [-0.3, -0.25) is 4.79 Å². The van der Waals surface area contributed by atoms with Gasteiger partial charge in [-0.2, -0.15) is 0 Å². The minimum Gasteiger partial charge on any atom is -0.493 e. The maximum Gasteiger partial charge on any atom is 0.255 e. The summed E-state index contributed by atoms with van der Waals surface area (Å²) in [5.41, 5.74) is 1.06. The Hall–Kier alpha value is -2.89. The van der Waals surface area contributed by atoms with Gasteiger partial charge in [-0.05, 0) is 38.1 Å². The SMILES string of the molecule is COc1cc(NC(=O)c2ccc(OC(C)C)cc2)cc(OC)c1OC. The lowest BCUT2D eigenvalue weighted by atomic mass is 10.2. The molecule has 0 aromatic heterocycles. The summed E-state index contributed by atoms with van der Waals surface area (Å²) in [6.07, 6.45) is 0.0823. The number of methoxy groups -OCH3 is 3. The van der Waals surface area contributed by atoms with Crippen molar-refractivity contribution in [2.45, 2.75) is 20.0 Å². The third-order valence-corrected chi connectivity index (χ3v) is 3.41. The molecule has 0 bridgehead atoms. The second-order valence-electron chi connectivity index (χ2n) is 5.56. The van der Waals surface area contributed by atoms with Crippen molar-refractivity contribution < 1.29 is 23.7 Å². The smallest absolute Gasteiger partial charge is 0.255 e. The average molecular weight is 345 g/mol. The monoisotopic (exact) mass is 345 g/mol. The number of benzene rings is 2. The molecule has 0 saturated carbocycles. The van der Waals surface area contributed by atoms with Gasteiger partial charge in [-0.15, -0.1) is 0 Å². The molecule has 6 nitrogen and oxygen atoms in total. The van der Waals surface area contributed by atoms with Gasteiger partial charge in [0.1, 0.15) is 5.75 Å². The fraction of sp³-hybridized carbons (Fsp3) is 0.316. The molecule has 0 aliphatic heterocycles. The van der Waals surface area contributed by atoms with Crippen molar-refractivity contribution in [2.75, 3.05) is 26.6 Å². The van der Waals surface area contributed by atoms with E-state index in [1.165, 1.54) is 21.3 Å². The zero-order valence-electron chi connectivity index (χ0n) is 15.1. The Morgan fingerprint density at radius 1 is 0.920 bits per heavy atom. The number of carbonyl (C=O) groups excluding carboxylic acids is 1. The first-order valence-corrected chi connectivity index (χ1v) is 7.86. The molecule has 0 aliphatic rings. The van der Waals surface area contributed by atoms with Crippen molar-refractivity contribution in [1.29, 1.82) is 0 Å². The molecule has 0 radical (unpaired) electrons. The van der Waals surface area contributed by atoms with Crippen molar-refractivity contribution in [2.24, 2.45) is 0 Å². The van der Waals surface area contributed by atoms with Crippen LogP contribution in [0.15, 0.2) is 36.4 Å². The van der Waals surface area contributed by atoms with E-state index in [1.54, 1.807) is 36.4 Å². The van der Waals surface area contributed by atoms with Crippen LogP contribution in [0.25, 0.3) is 0 Å². The number of carbonyl (C=O) groups is 1. The molecule has 6 heteroatoms. The van der Waals surface area contributed by atoms with Crippen molar-refractivity contribution in [3.8, 4) is 23.0 Å². The summed E-state index contributed by atoms with van der Waals surface area (Å²) >= 11 is 0. The summed E-state index contributed by atoms with van der Waals surface area (Å²) in [6.45, 7) is 3.90. The van der Waals surface area contributed by atoms with E-state index in [-0.39, 0.29) is 12.0 Å². The van der Waals surface area contributed by atoms with Crippen LogP contribution in [-0.2, 0) is 0 Å². The lowest BCUT2D eigenvalue weighted by Crippen LogP contribution is -2.12. The maximum absolute atomic E-state index is 12.4. The van der Waals surface area contributed by atoms with Crippen LogP contribution >= 0.6 is 0 Å².